The molecule has 1 atom stereocenters. The van der Waals surface area contributed by atoms with Crippen molar-refractivity contribution in [3.63, 3.8) is 0 Å². The van der Waals surface area contributed by atoms with E-state index in [0.717, 1.165) is 5.76 Å². The second kappa shape index (κ2) is 5.77. The second-order valence-electron chi connectivity index (χ2n) is 3.84. The van der Waals surface area contributed by atoms with E-state index >= 15 is 0 Å². The SMILES string of the molecule is Cc1cc(NC(=O)C(C)SCc2ccco2)no1. The van der Waals surface area contributed by atoms with Crippen LogP contribution < -0.4 is 5.32 Å². The Morgan fingerprint density at radius 3 is 3.06 bits per heavy atom. The smallest absolute Gasteiger partial charge is 0.238 e. The highest BCUT2D eigenvalue weighted by molar-refractivity contribution is 7.99. The number of aromatic nitrogens is 1. The Balaban J connectivity index is 1.81. The number of nitrogens with zero attached hydrogens (tertiary/aromatic N) is 1. The summed E-state index contributed by atoms with van der Waals surface area (Å²) in [5, 5.41) is 6.22. The number of rotatable bonds is 5. The quantitative estimate of drug-likeness (QED) is 0.901. The van der Waals surface area contributed by atoms with Gasteiger partial charge < -0.3 is 14.3 Å². The Kier molecular flexibility index (Phi) is 4.09. The maximum Gasteiger partial charge on any atom is 0.238 e. The number of aryl methyl sites for hydroxylation is 1. The van der Waals surface area contributed by atoms with Crippen molar-refractivity contribution in [3.8, 4) is 0 Å². The standard InChI is InChI=1S/C12H14N2O3S/c1-8-6-11(14-17-8)13-12(15)9(2)18-7-10-4-3-5-16-10/h3-6,9H,7H2,1-2H3,(H,13,14,15). The van der Waals surface area contributed by atoms with Crippen molar-refractivity contribution in [2.24, 2.45) is 0 Å². The van der Waals surface area contributed by atoms with Crippen LogP contribution in [0.3, 0.4) is 0 Å². The monoisotopic (exact) mass is 266 g/mol. The summed E-state index contributed by atoms with van der Waals surface area (Å²) in [6.07, 6.45) is 1.62. The number of carbonyl (C=O) groups is 1. The van der Waals surface area contributed by atoms with Gasteiger partial charge in [0.1, 0.15) is 11.5 Å². The first-order chi connectivity index (χ1) is 8.65. The topological polar surface area (TPSA) is 68.3 Å². The highest BCUT2D eigenvalue weighted by Gasteiger charge is 2.15. The van der Waals surface area contributed by atoms with Crippen molar-refractivity contribution in [1.82, 2.24) is 5.16 Å². The molecular weight excluding hydrogens is 252 g/mol. The molecule has 0 fully saturated rings. The number of hydrogen-bond acceptors (Lipinski definition) is 5. The molecule has 0 aliphatic heterocycles. The van der Waals surface area contributed by atoms with Gasteiger partial charge in [-0.1, -0.05) is 5.16 Å². The van der Waals surface area contributed by atoms with Crippen molar-refractivity contribution in [1.29, 1.82) is 0 Å². The van der Waals surface area contributed by atoms with Crippen LogP contribution in [0.5, 0.6) is 0 Å². The minimum atomic E-state index is -0.188. The molecule has 0 saturated heterocycles. The van der Waals surface area contributed by atoms with Crippen LogP contribution in [0.4, 0.5) is 5.82 Å². The molecule has 2 rings (SSSR count). The third-order valence-electron chi connectivity index (χ3n) is 2.30. The molecule has 0 saturated carbocycles. The third kappa shape index (κ3) is 3.40. The molecule has 96 valence electrons. The van der Waals surface area contributed by atoms with Gasteiger partial charge in [-0.05, 0) is 26.0 Å². The molecule has 0 spiro atoms. The molecule has 18 heavy (non-hydrogen) atoms. The van der Waals surface area contributed by atoms with E-state index in [1.165, 1.54) is 11.8 Å². The maximum atomic E-state index is 11.8. The summed E-state index contributed by atoms with van der Waals surface area (Å²) in [6, 6.07) is 5.40. The van der Waals surface area contributed by atoms with Crippen LogP contribution in [0.15, 0.2) is 33.4 Å². The fraction of sp³-hybridized carbons (Fsp3) is 0.333. The number of carbonyl (C=O) groups excluding carboxylic acids is 1. The molecule has 2 aromatic heterocycles. The first-order valence-electron chi connectivity index (χ1n) is 5.53. The van der Waals surface area contributed by atoms with Gasteiger partial charge in [-0.2, -0.15) is 0 Å². The molecule has 0 aromatic carbocycles. The summed E-state index contributed by atoms with van der Waals surface area (Å²) >= 11 is 1.50. The van der Waals surface area contributed by atoms with Crippen molar-refractivity contribution in [2.75, 3.05) is 5.32 Å². The van der Waals surface area contributed by atoms with E-state index in [1.807, 2.05) is 19.1 Å². The van der Waals surface area contributed by atoms with Crippen molar-refractivity contribution < 1.29 is 13.7 Å². The molecule has 2 aromatic rings. The Labute approximate surface area is 109 Å². The molecule has 2 heterocycles. The highest BCUT2D eigenvalue weighted by atomic mass is 32.2. The molecular formula is C12H14N2O3S. The van der Waals surface area contributed by atoms with Gasteiger partial charge in [0.15, 0.2) is 5.82 Å². The van der Waals surface area contributed by atoms with Crippen LogP contribution >= 0.6 is 11.8 Å². The number of furan rings is 1. The lowest BCUT2D eigenvalue weighted by molar-refractivity contribution is -0.115. The van der Waals surface area contributed by atoms with Gasteiger partial charge in [0.2, 0.25) is 5.91 Å². The zero-order valence-electron chi connectivity index (χ0n) is 10.2. The fourth-order valence-corrected chi connectivity index (χ4v) is 2.12. The predicted octanol–water partition coefficient (Wildman–Crippen LogP) is 2.84. The van der Waals surface area contributed by atoms with Crippen LogP contribution in [0.2, 0.25) is 0 Å². The summed E-state index contributed by atoms with van der Waals surface area (Å²) in [6.45, 7) is 3.62. The van der Waals surface area contributed by atoms with Gasteiger partial charge in [-0.3, -0.25) is 4.79 Å². The van der Waals surface area contributed by atoms with Crippen molar-refractivity contribution in [3.05, 3.63) is 36.0 Å². The number of anilines is 1. The van der Waals surface area contributed by atoms with E-state index in [-0.39, 0.29) is 11.2 Å². The first-order valence-corrected chi connectivity index (χ1v) is 6.58. The summed E-state index contributed by atoms with van der Waals surface area (Å²) in [5.41, 5.74) is 0. The Bertz CT molecular complexity index is 507. The Morgan fingerprint density at radius 2 is 2.44 bits per heavy atom. The van der Waals surface area contributed by atoms with E-state index in [9.17, 15) is 4.79 Å². The van der Waals surface area contributed by atoms with E-state index < -0.39 is 0 Å². The van der Waals surface area contributed by atoms with Crippen molar-refractivity contribution >= 4 is 23.5 Å². The average Bonchev–Trinajstić information content (AvgIpc) is 2.97. The van der Waals surface area contributed by atoms with Gasteiger partial charge in [0.05, 0.1) is 17.3 Å². The van der Waals surface area contributed by atoms with Gasteiger partial charge in [-0.15, -0.1) is 11.8 Å². The zero-order valence-corrected chi connectivity index (χ0v) is 11.0. The predicted molar refractivity (Wildman–Crippen MR) is 69.3 cm³/mol. The maximum absolute atomic E-state index is 11.8. The number of nitrogens with one attached hydrogen (secondary N) is 1. The molecule has 0 aliphatic carbocycles. The van der Waals surface area contributed by atoms with E-state index in [0.29, 0.717) is 17.3 Å². The van der Waals surface area contributed by atoms with E-state index in [4.69, 9.17) is 8.94 Å². The zero-order chi connectivity index (χ0) is 13.0. The second-order valence-corrected chi connectivity index (χ2v) is 5.17. The Morgan fingerprint density at radius 1 is 1.61 bits per heavy atom. The van der Waals surface area contributed by atoms with Crippen LogP contribution in [0, 0.1) is 6.92 Å². The molecule has 1 unspecified atom stereocenters. The summed E-state index contributed by atoms with van der Waals surface area (Å²) in [5.74, 6) is 2.54. The molecule has 6 heteroatoms. The van der Waals surface area contributed by atoms with Gasteiger partial charge in [0, 0.05) is 6.07 Å². The van der Waals surface area contributed by atoms with Gasteiger partial charge in [0.25, 0.3) is 0 Å². The Hall–Kier alpha value is -1.69. The number of amides is 1. The summed E-state index contributed by atoms with van der Waals surface area (Å²) in [4.78, 5) is 11.8. The minimum absolute atomic E-state index is 0.0974. The van der Waals surface area contributed by atoms with Gasteiger partial charge in [-0.25, -0.2) is 0 Å². The molecule has 0 bridgehead atoms. The highest BCUT2D eigenvalue weighted by Crippen LogP contribution is 2.19. The lowest BCUT2D eigenvalue weighted by atomic mass is 10.4. The molecule has 1 N–H and O–H groups in total. The average molecular weight is 266 g/mol. The normalized spacial score (nSPS) is 12.3. The molecule has 0 aliphatic rings. The molecule has 0 radical (unpaired) electrons. The van der Waals surface area contributed by atoms with Crippen LogP contribution in [-0.4, -0.2) is 16.3 Å². The first kappa shape index (κ1) is 12.8. The van der Waals surface area contributed by atoms with Crippen LogP contribution in [0.25, 0.3) is 0 Å². The van der Waals surface area contributed by atoms with E-state index in [1.54, 1.807) is 19.3 Å². The van der Waals surface area contributed by atoms with Crippen molar-refractivity contribution in [2.45, 2.75) is 24.9 Å². The summed E-state index contributed by atoms with van der Waals surface area (Å²) < 4.78 is 10.1. The molecule has 5 nitrogen and oxygen atoms in total. The lowest BCUT2D eigenvalue weighted by Gasteiger charge is -2.08. The largest absolute Gasteiger partial charge is 0.468 e. The number of hydrogen-bond donors (Lipinski definition) is 1. The number of thioether (sulfide) groups is 1. The minimum Gasteiger partial charge on any atom is -0.468 e. The van der Waals surface area contributed by atoms with E-state index in [2.05, 4.69) is 10.5 Å². The third-order valence-corrected chi connectivity index (χ3v) is 3.47. The van der Waals surface area contributed by atoms with Crippen LogP contribution in [-0.2, 0) is 10.5 Å². The molecule has 1 amide bonds. The van der Waals surface area contributed by atoms with Gasteiger partial charge >= 0.3 is 0 Å². The summed E-state index contributed by atoms with van der Waals surface area (Å²) in [7, 11) is 0. The lowest BCUT2D eigenvalue weighted by Crippen LogP contribution is -2.22. The van der Waals surface area contributed by atoms with Crippen LogP contribution in [0.1, 0.15) is 18.4 Å². The fourth-order valence-electron chi connectivity index (χ4n) is 1.33.